The number of halogens is 2. The summed E-state index contributed by atoms with van der Waals surface area (Å²) >= 11 is 13.7. The van der Waals surface area contributed by atoms with Crippen molar-refractivity contribution in [1.82, 2.24) is 14.6 Å². The van der Waals surface area contributed by atoms with Gasteiger partial charge in [-0.25, -0.2) is 0 Å². The molecule has 0 aliphatic carbocycles. The van der Waals surface area contributed by atoms with Crippen LogP contribution in [0.15, 0.2) is 66.0 Å². The van der Waals surface area contributed by atoms with Gasteiger partial charge < -0.3 is 10.1 Å². The van der Waals surface area contributed by atoms with E-state index in [0.717, 1.165) is 11.3 Å². The van der Waals surface area contributed by atoms with E-state index in [4.69, 9.17) is 27.9 Å². The number of anilines is 1. The molecule has 1 amide bonds. The van der Waals surface area contributed by atoms with Gasteiger partial charge in [-0.05, 0) is 48.0 Å². The lowest BCUT2D eigenvalue weighted by molar-refractivity contribution is 0.102. The highest BCUT2D eigenvalue weighted by atomic mass is 35.5. The lowest BCUT2D eigenvalue weighted by Gasteiger charge is -2.07. The SMILES string of the molecule is COc1ccc(NC(=O)c2ccc(CSc3nnc4c(Cl)cc(Cl)cn34)cc2)cc1. The highest BCUT2D eigenvalue weighted by Gasteiger charge is 2.11. The van der Waals surface area contributed by atoms with E-state index in [1.807, 2.05) is 12.1 Å². The van der Waals surface area contributed by atoms with Gasteiger partial charge in [-0.3, -0.25) is 9.20 Å². The van der Waals surface area contributed by atoms with E-state index in [9.17, 15) is 4.79 Å². The molecule has 2 heterocycles. The Bertz CT molecular complexity index is 1190. The maximum atomic E-state index is 12.4. The summed E-state index contributed by atoms with van der Waals surface area (Å²) in [5, 5.41) is 12.8. The first kappa shape index (κ1) is 20.5. The number of amides is 1. The minimum Gasteiger partial charge on any atom is -0.497 e. The standard InChI is InChI=1S/C21H16Cl2N4O2S/c1-29-17-8-6-16(7-9-17)24-20(28)14-4-2-13(3-5-14)12-30-21-26-25-19-18(23)10-15(22)11-27(19)21/h2-11H,12H2,1H3,(H,24,28). The topological polar surface area (TPSA) is 68.5 Å². The predicted octanol–water partition coefficient (Wildman–Crippen LogP) is 5.59. The Morgan fingerprint density at radius 2 is 1.83 bits per heavy atom. The Hall–Kier alpha value is -2.74. The van der Waals surface area contributed by atoms with Crippen molar-refractivity contribution < 1.29 is 9.53 Å². The number of pyridine rings is 1. The van der Waals surface area contributed by atoms with Crippen LogP contribution < -0.4 is 10.1 Å². The van der Waals surface area contributed by atoms with E-state index in [2.05, 4.69) is 15.5 Å². The van der Waals surface area contributed by atoms with E-state index < -0.39 is 0 Å². The molecule has 30 heavy (non-hydrogen) atoms. The third kappa shape index (κ3) is 4.53. The van der Waals surface area contributed by atoms with E-state index in [-0.39, 0.29) is 5.91 Å². The minimum absolute atomic E-state index is 0.174. The molecule has 0 aliphatic heterocycles. The number of aromatic nitrogens is 3. The number of hydrogen-bond acceptors (Lipinski definition) is 5. The van der Waals surface area contributed by atoms with Crippen molar-refractivity contribution in [1.29, 1.82) is 0 Å². The summed E-state index contributed by atoms with van der Waals surface area (Å²) in [5.74, 6) is 1.22. The molecule has 9 heteroatoms. The second-order valence-electron chi connectivity index (χ2n) is 6.35. The van der Waals surface area contributed by atoms with E-state index in [1.54, 1.807) is 60.2 Å². The number of fused-ring (bicyclic) bond motifs is 1. The molecule has 4 aromatic rings. The number of benzene rings is 2. The summed E-state index contributed by atoms with van der Waals surface area (Å²) in [4.78, 5) is 12.4. The molecule has 0 aliphatic rings. The number of ether oxygens (including phenoxy) is 1. The number of rotatable bonds is 6. The predicted molar refractivity (Wildman–Crippen MR) is 120 cm³/mol. The largest absolute Gasteiger partial charge is 0.497 e. The number of carbonyl (C=O) groups is 1. The van der Waals surface area contributed by atoms with Gasteiger partial charge in [0, 0.05) is 23.2 Å². The Balaban J connectivity index is 1.40. The van der Waals surface area contributed by atoms with Crippen LogP contribution in [0.4, 0.5) is 5.69 Å². The van der Waals surface area contributed by atoms with Crippen LogP contribution in [0.1, 0.15) is 15.9 Å². The second-order valence-corrected chi connectivity index (χ2v) is 8.14. The van der Waals surface area contributed by atoms with Gasteiger partial charge in [0.15, 0.2) is 10.8 Å². The summed E-state index contributed by atoms with van der Waals surface area (Å²) < 4.78 is 6.89. The molecule has 0 unspecified atom stereocenters. The Labute approximate surface area is 187 Å². The molecule has 2 aromatic carbocycles. The van der Waals surface area contributed by atoms with Gasteiger partial charge in [0.2, 0.25) is 0 Å². The van der Waals surface area contributed by atoms with Gasteiger partial charge in [-0.2, -0.15) is 0 Å². The zero-order valence-corrected chi connectivity index (χ0v) is 18.1. The summed E-state index contributed by atoms with van der Waals surface area (Å²) in [6.45, 7) is 0. The summed E-state index contributed by atoms with van der Waals surface area (Å²) in [6.07, 6.45) is 1.73. The first-order valence-corrected chi connectivity index (χ1v) is 10.6. The number of thioether (sulfide) groups is 1. The fourth-order valence-electron chi connectivity index (χ4n) is 2.78. The van der Waals surface area contributed by atoms with Crippen molar-refractivity contribution in [2.24, 2.45) is 0 Å². The molecule has 0 saturated heterocycles. The van der Waals surface area contributed by atoms with E-state index in [1.165, 1.54) is 11.8 Å². The molecule has 152 valence electrons. The van der Waals surface area contributed by atoms with Crippen molar-refractivity contribution in [3.05, 3.63) is 82.0 Å². The number of nitrogens with one attached hydrogen (secondary N) is 1. The lowest BCUT2D eigenvalue weighted by Crippen LogP contribution is -2.11. The Morgan fingerprint density at radius 3 is 2.53 bits per heavy atom. The first-order chi connectivity index (χ1) is 14.5. The van der Waals surface area contributed by atoms with Gasteiger partial charge in [-0.1, -0.05) is 47.1 Å². The van der Waals surface area contributed by atoms with Crippen LogP contribution in [0.25, 0.3) is 5.65 Å². The van der Waals surface area contributed by atoms with Crippen LogP contribution in [0, 0.1) is 0 Å². The molecule has 0 radical (unpaired) electrons. The highest BCUT2D eigenvalue weighted by Crippen LogP contribution is 2.27. The van der Waals surface area contributed by atoms with Crippen molar-refractivity contribution in [2.45, 2.75) is 10.9 Å². The van der Waals surface area contributed by atoms with Crippen LogP contribution in [0.5, 0.6) is 5.75 Å². The maximum absolute atomic E-state index is 12.4. The van der Waals surface area contributed by atoms with Gasteiger partial charge in [0.1, 0.15) is 5.75 Å². The zero-order valence-electron chi connectivity index (χ0n) is 15.8. The Kier molecular flexibility index (Phi) is 6.13. The second kappa shape index (κ2) is 8.95. The van der Waals surface area contributed by atoms with Crippen molar-refractivity contribution in [3.63, 3.8) is 0 Å². The van der Waals surface area contributed by atoms with Crippen molar-refractivity contribution in [2.75, 3.05) is 12.4 Å². The van der Waals surface area contributed by atoms with Crippen LogP contribution >= 0.6 is 35.0 Å². The smallest absolute Gasteiger partial charge is 0.255 e. The van der Waals surface area contributed by atoms with Gasteiger partial charge >= 0.3 is 0 Å². The summed E-state index contributed by atoms with van der Waals surface area (Å²) in [6, 6.07) is 16.2. The molecule has 4 rings (SSSR count). The normalized spacial score (nSPS) is 10.9. The zero-order chi connectivity index (χ0) is 21.1. The van der Waals surface area contributed by atoms with Crippen molar-refractivity contribution >= 4 is 52.2 Å². The fourth-order valence-corrected chi connectivity index (χ4v) is 4.15. The van der Waals surface area contributed by atoms with Crippen LogP contribution in [-0.4, -0.2) is 27.6 Å². The van der Waals surface area contributed by atoms with Crippen LogP contribution in [-0.2, 0) is 5.75 Å². The van der Waals surface area contributed by atoms with Crippen molar-refractivity contribution in [3.8, 4) is 5.75 Å². The molecular formula is C21H16Cl2N4O2S. The van der Waals surface area contributed by atoms with Gasteiger partial charge in [0.05, 0.1) is 17.2 Å². The van der Waals surface area contributed by atoms with E-state index in [0.29, 0.717) is 37.9 Å². The third-order valence-corrected chi connectivity index (χ3v) is 5.83. The maximum Gasteiger partial charge on any atom is 0.255 e. The number of hydrogen-bond donors (Lipinski definition) is 1. The molecule has 0 saturated carbocycles. The van der Waals surface area contributed by atoms with Crippen LogP contribution in [0.2, 0.25) is 10.0 Å². The molecule has 6 nitrogen and oxygen atoms in total. The average Bonchev–Trinajstić information content (AvgIpc) is 3.16. The summed E-state index contributed by atoms with van der Waals surface area (Å²) in [7, 11) is 1.60. The Morgan fingerprint density at radius 1 is 1.10 bits per heavy atom. The molecule has 0 spiro atoms. The molecular weight excluding hydrogens is 443 g/mol. The number of methoxy groups -OCH3 is 1. The monoisotopic (exact) mass is 458 g/mol. The number of nitrogens with zero attached hydrogens (tertiary/aromatic N) is 3. The molecule has 2 aromatic heterocycles. The van der Waals surface area contributed by atoms with Gasteiger partial charge in [-0.15, -0.1) is 10.2 Å². The average molecular weight is 459 g/mol. The van der Waals surface area contributed by atoms with E-state index >= 15 is 0 Å². The lowest BCUT2D eigenvalue weighted by atomic mass is 10.1. The van der Waals surface area contributed by atoms with Gasteiger partial charge in [0.25, 0.3) is 5.91 Å². The molecule has 0 atom stereocenters. The fraction of sp³-hybridized carbons (Fsp3) is 0.0952. The minimum atomic E-state index is -0.174. The van der Waals surface area contributed by atoms with Crippen LogP contribution in [0.3, 0.4) is 0 Å². The third-order valence-electron chi connectivity index (χ3n) is 4.33. The quantitative estimate of drug-likeness (QED) is 0.381. The highest BCUT2D eigenvalue weighted by molar-refractivity contribution is 7.98. The molecule has 0 bridgehead atoms. The molecule has 1 N–H and O–H groups in total. The number of carbonyl (C=O) groups excluding carboxylic acids is 1. The molecule has 0 fully saturated rings. The first-order valence-electron chi connectivity index (χ1n) is 8.90. The summed E-state index contributed by atoms with van der Waals surface area (Å²) in [5.41, 5.74) is 2.89.